The van der Waals surface area contributed by atoms with Crippen molar-refractivity contribution in [3.8, 4) is 0 Å². The van der Waals surface area contributed by atoms with Crippen LogP contribution in [0, 0.1) is 11.8 Å². The van der Waals surface area contributed by atoms with E-state index in [-0.39, 0.29) is 5.60 Å². The molecule has 19 heavy (non-hydrogen) atoms. The maximum absolute atomic E-state index is 5.84. The van der Waals surface area contributed by atoms with E-state index in [0.29, 0.717) is 23.9 Å². The van der Waals surface area contributed by atoms with Crippen molar-refractivity contribution in [2.45, 2.75) is 64.6 Å². The maximum Gasteiger partial charge on any atom is 0.0805 e. The van der Waals surface area contributed by atoms with Gasteiger partial charge < -0.3 is 10.1 Å². The monoisotopic (exact) mass is 268 g/mol. The first-order chi connectivity index (χ1) is 8.97. The van der Waals surface area contributed by atoms with Crippen molar-refractivity contribution >= 4 is 0 Å². The van der Waals surface area contributed by atoms with Crippen LogP contribution in [0.3, 0.4) is 0 Å². The summed E-state index contributed by atoms with van der Waals surface area (Å²) in [5, 5.41) is 3.74. The molecule has 1 aliphatic carbocycles. The summed E-state index contributed by atoms with van der Waals surface area (Å²) in [6, 6.07) is 1.28. The Labute approximate surface area is 119 Å². The van der Waals surface area contributed by atoms with E-state index in [4.69, 9.17) is 4.74 Å². The molecular weight excluding hydrogens is 236 g/mol. The number of hydrogen-bond donors (Lipinski definition) is 1. The second-order valence-corrected chi connectivity index (χ2v) is 7.24. The molecule has 1 heterocycles. The highest BCUT2D eigenvalue weighted by Crippen LogP contribution is 2.37. The van der Waals surface area contributed by atoms with E-state index in [1.807, 2.05) is 7.11 Å². The van der Waals surface area contributed by atoms with Gasteiger partial charge in [-0.05, 0) is 31.1 Å². The van der Waals surface area contributed by atoms with Gasteiger partial charge in [0.2, 0.25) is 0 Å². The lowest BCUT2D eigenvalue weighted by Crippen LogP contribution is -2.63. The predicted octanol–water partition coefficient (Wildman–Crippen LogP) is 2.51. The molecule has 112 valence electrons. The van der Waals surface area contributed by atoms with Crippen LogP contribution in [0.4, 0.5) is 0 Å². The first kappa shape index (κ1) is 15.3. The first-order valence-electron chi connectivity index (χ1n) is 8.00. The third-order valence-electron chi connectivity index (χ3n) is 5.25. The van der Waals surface area contributed by atoms with Gasteiger partial charge in [0.15, 0.2) is 0 Å². The Balaban J connectivity index is 2.03. The quantitative estimate of drug-likeness (QED) is 0.829. The minimum absolute atomic E-state index is 0.159. The molecule has 0 aromatic carbocycles. The number of nitrogens with one attached hydrogen (secondary N) is 1. The summed E-state index contributed by atoms with van der Waals surface area (Å²) in [5.41, 5.74) is 0.159. The van der Waals surface area contributed by atoms with Gasteiger partial charge in [0, 0.05) is 38.8 Å². The van der Waals surface area contributed by atoms with Crippen LogP contribution in [-0.4, -0.2) is 49.3 Å². The molecule has 3 heteroatoms. The zero-order valence-electron chi connectivity index (χ0n) is 13.4. The second kappa shape index (κ2) is 6.11. The molecule has 0 spiro atoms. The van der Waals surface area contributed by atoms with Crippen molar-refractivity contribution < 1.29 is 4.74 Å². The number of methoxy groups -OCH3 is 1. The van der Waals surface area contributed by atoms with Crippen LogP contribution in [0.2, 0.25) is 0 Å². The Bertz CT molecular complexity index is 281. The lowest BCUT2D eigenvalue weighted by molar-refractivity contribution is -0.106. The molecular formula is C16H32N2O. The summed E-state index contributed by atoms with van der Waals surface area (Å²) in [6.45, 7) is 12.7. The van der Waals surface area contributed by atoms with Gasteiger partial charge in [0.05, 0.1) is 5.60 Å². The third kappa shape index (κ3) is 3.32. The van der Waals surface area contributed by atoms with Crippen molar-refractivity contribution in [1.29, 1.82) is 0 Å². The van der Waals surface area contributed by atoms with Gasteiger partial charge in [-0.1, -0.05) is 27.7 Å². The summed E-state index contributed by atoms with van der Waals surface area (Å²) >= 11 is 0. The summed E-state index contributed by atoms with van der Waals surface area (Å²) in [4.78, 5) is 2.70. The van der Waals surface area contributed by atoms with Gasteiger partial charge in [-0.3, -0.25) is 4.90 Å². The molecule has 0 radical (unpaired) electrons. The normalized spacial score (nSPS) is 31.7. The average Bonchev–Trinajstić information content (AvgIpc) is 2.33. The van der Waals surface area contributed by atoms with E-state index >= 15 is 0 Å². The van der Waals surface area contributed by atoms with Gasteiger partial charge in [0.1, 0.15) is 0 Å². The topological polar surface area (TPSA) is 24.5 Å². The molecule has 2 unspecified atom stereocenters. The number of piperazine rings is 1. The van der Waals surface area contributed by atoms with Gasteiger partial charge >= 0.3 is 0 Å². The molecule has 2 rings (SSSR count). The third-order valence-corrected chi connectivity index (χ3v) is 5.25. The number of hydrogen-bond acceptors (Lipinski definition) is 3. The zero-order valence-corrected chi connectivity index (χ0v) is 13.4. The Hall–Kier alpha value is -0.120. The summed E-state index contributed by atoms with van der Waals surface area (Å²) in [5.74, 6) is 1.41. The number of rotatable bonds is 5. The van der Waals surface area contributed by atoms with Crippen LogP contribution in [-0.2, 0) is 4.74 Å². The van der Waals surface area contributed by atoms with Crippen LogP contribution in [0.25, 0.3) is 0 Å². The molecule has 0 amide bonds. The Morgan fingerprint density at radius 2 is 1.89 bits per heavy atom. The standard InChI is InChI=1S/C16H32N2O/c1-12(2)14-10-18(15(9-17-14)13(3)4)11-16(19-5)7-6-8-16/h12-15,17H,6-11H2,1-5H3. The van der Waals surface area contributed by atoms with Crippen LogP contribution >= 0.6 is 0 Å². The molecule has 1 saturated carbocycles. The highest BCUT2D eigenvalue weighted by molar-refractivity contribution is 4.97. The SMILES string of the molecule is COC1(CN2CC(C(C)C)NCC2C(C)C)CCC1. The zero-order chi connectivity index (χ0) is 14.0. The molecule has 0 bridgehead atoms. The highest BCUT2D eigenvalue weighted by Gasteiger charge is 2.42. The molecule has 1 N–H and O–H groups in total. The summed E-state index contributed by atoms with van der Waals surface area (Å²) < 4.78 is 5.84. The van der Waals surface area contributed by atoms with Crippen molar-refractivity contribution in [3.63, 3.8) is 0 Å². The van der Waals surface area contributed by atoms with Crippen molar-refractivity contribution in [1.82, 2.24) is 10.2 Å². The highest BCUT2D eigenvalue weighted by atomic mass is 16.5. The Morgan fingerprint density at radius 1 is 1.21 bits per heavy atom. The minimum Gasteiger partial charge on any atom is -0.377 e. The predicted molar refractivity (Wildman–Crippen MR) is 80.4 cm³/mol. The largest absolute Gasteiger partial charge is 0.377 e. The Kier molecular flexibility index (Phi) is 4.91. The molecule has 0 aromatic heterocycles. The van der Waals surface area contributed by atoms with E-state index in [9.17, 15) is 0 Å². The van der Waals surface area contributed by atoms with Crippen LogP contribution in [0.5, 0.6) is 0 Å². The Morgan fingerprint density at radius 3 is 2.32 bits per heavy atom. The number of ether oxygens (including phenoxy) is 1. The molecule has 2 aliphatic rings. The minimum atomic E-state index is 0.159. The van der Waals surface area contributed by atoms with E-state index < -0.39 is 0 Å². The lowest BCUT2D eigenvalue weighted by atomic mass is 9.78. The molecule has 1 saturated heterocycles. The molecule has 1 aliphatic heterocycles. The fraction of sp³-hybridized carbons (Fsp3) is 1.00. The summed E-state index contributed by atoms with van der Waals surface area (Å²) in [7, 11) is 1.89. The lowest BCUT2D eigenvalue weighted by Gasteiger charge is -2.50. The summed E-state index contributed by atoms with van der Waals surface area (Å²) in [6.07, 6.45) is 3.81. The van der Waals surface area contributed by atoms with E-state index in [1.165, 1.54) is 25.8 Å². The fourth-order valence-electron chi connectivity index (χ4n) is 3.51. The van der Waals surface area contributed by atoms with Gasteiger partial charge in [0.25, 0.3) is 0 Å². The van der Waals surface area contributed by atoms with Crippen LogP contribution in [0.15, 0.2) is 0 Å². The van der Waals surface area contributed by atoms with Gasteiger partial charge in [-0.2, -0.15) is 0 Å². The average molecular weight is 268 g/mol. The second-order valence-electron chi connectivity index (χ2n) is 7.24. The number of nitrogens with zero attached hydrogens (tertiary/aromatic N) is 1. The first-order valence-corrected chi connectivity index (χ1v) is 8.00. The van der Waals surface area contributed by atoms with Crippen LogP contribution in [0.1, 0.15) is 47.0 Å². The van der Waals surface area contributed by atoms with Crippen molar-refractivity contribution in [2.75, 3.05) is 26.7 Å². The fourth-order valence-corrected chi connectivity index (χ4v) is 3.51. The van der Waals surface area contributed by atoms with Crippen molar-refractivity contribution in [2.24, 2.45) is 11.8 Å². The molecule has 2 fully saturated rings. The van der Waals surface area contributed by atoms with E-state index in [0.717, 1.165) is 13.1 Å². The van der Waals surface area contributed by atoms with E-state index in [2.05, 4.69) is 37.9 Å². The molecule has 2 atom stereocenters. The smallest absolute Gasteiger partial charge is 0.0805 e. The molecule has 3 nitrogen and oxygen atoms in total. The van der Waals surface area contributed by atoms with E-state index in [1.54, 1.807) is 0 Å². The maximum atomic E-state index is 5.84. The van der Waals surface area contributed by atoms with Gasteiger partial charge in [-0.15, -0.1) is 0 Å². The van der Waals surface area contributed by atoms with Crippen molar-refractivity contribution in [3.05, 3.63) is 0 Å². The van der Waals surface area contributed by atoms with Gasteiger partial charge in [-0.25, -0.2) is 0 Å². The molecule has 0 aromatic rings. The van der Waals surface area contributed by atoms with Crippen LogP contribution < -0.4 is 5.32 Å².